The van der Waals surface area contributed by atoms with Crippen molar-refractivity contribution in [3.8, 4) is 28.8 Å². The van der Waals surface area contributed by atoms with Crippen LogP contribution in [-0.2, 0) is 4.79 Å². The summed E-state index contributed by atoms with van der Waals surface area (Å²) in [5, 5.41) is 8.26. The van der Waals surface area contributed by atoms with Crippen LogP contribution in [-0.4, -0.2) is 42.6 Å². The highest BCUT2D eigenvalue weighted by Gasteiger charge is 2.18. The zero-order valence-electron chi connectivity index (χ0n) is 23.9. The number of carbonyl (C=O) groups is 1. The van der Waals surface area contributed by atoms with Crippen molar-refractivity contribution in [3.05, 3.63) is 111 Å². The number of carbonyl (C=O) groups excluding carboxylic acids is 1. The standard InChI is InChI=1S/C33H24BrFN4O6/c1-42-26-8-5-9-27-23(26)15-30(45-27)32-38-25-7-4-3-6-22(25)33(41)39(32)36-17-19-14-28(43-2)29(16-24(19)34)44-18-31(40)37-21-12-10-20(35)11-13-21/h3-17H,18H2,1-2H3,(H,37,40). The Hall–Kier alpha value is -5.49. The van der Waals surface area contributed by atoms with E-state index < -0.39 is 17.3 Å². The van der Waals surface area contributed by atoms with Crippen LogP contribution in [0.25, 0.3) is 33.5 Å². The molecule has 0 aliphatic heterocycles. The number of hydrogen-bond acceptors (Lipinski definition) is 8. The number of rotatable bonds is 9. The summed E-state index contributed by atoms with van der Waals surface area (Å²) < 4.78 is 37.6. The van der Waals surface area contributed by atoms with Crippen molar-refractivity contribution >= 4 is 55.6 Å². The van der Waals surface area contributed by atoms with Crippen molar-refractivity contribution in [1.29, 1.82) is 0 Å². The second-order valence-corrected chi connectivity index (χ2v) is 10.5. The monoisotopic (exact) mass is 670 g/mol. The topological polar surface area (TPSA) is 117 Å². The minimum absolute atomic E-state index is 0.198. The van der Waals surface area contributed by atoms with Crippen LogP contribution in [0.15, 0.2) is 104 Å². The van der Waals surface area contributed by atoms with Crippen molar-refractivity contribution in [3.63, 3.8) is 0 Å². The van der Waals surface area contributed by atoms with Crippen LogP contribution in [0.3, 0.4) is 0 Å². The molecule has 0 saturated heterocycles. The SMILES string of the molecule is COc1cc(C=Nn2c(-c3cc4c(OC)cccc4o3)nc3ccccc3c2=O)c(Br)cc1OCC(=O)Nc1ccc(F)cc1. The van der Waals surface area contributed by atoms with Gasteiger partial charge in [0.05, 0.1) is 36.7 Å². The predicted molar refractivity (Wildman–Crippen MR) is 172 cm³/mol. The molecule has 0 fully saturated rings. The molecule has 0 bridgehead atoms. The van der Waals surface area contributed by atoms with E-state index in [2.05, 4.69) is 26.3 Å². The zero-order valence-corrected chi connectivity index (χ0v) is 25.5. The molecule has 0 atom stereocenters. The molecule has 45 heavy (non-hydrogen) atoms. The van der Waals surface area contributed by atoms with Crippen molar-refractivity contribution in [1.82, 2.24) is 9.66 Å². The van der Waals surface area contributed by atoms with Crippen molar-refractivity contribution in [2.24, 2.45) is 5.10 Å². The van der Waals surface area contributed by atoms with Gasteiger partial charge in [-0.3, -0.25) is 9.59 Å². The lowest BCUT2D eigenvalue weighted by Crippen LogP contribution is -2.20. The van der Waals surface area contributed by atoms with Gasteiger partial charge in [0.1, 0.15) is 17.1 Å². The molecule has 1 N–H and O–H groups in total. The Balaban J connectivity index is 1.33. The number of fused-ring (bicyclic) bond motifs is 2. The smallest absolute Gasteiger partial charge is 0.282 e. The molecule has 6 aromatic rings. The Morgan fingerprint density at radius 2 is 1.76 bits per heavy atom. The fourth-order valence-corrected chi connectivity index (χ4v) is 5.05. The first kappa shape index (κ1) is 29.6. The molecule has 0 aliphatic rings. The lowest BCUT2D eigenvalue weighted by atomic mass is 10.2. The second-order valence-electron chi connectivity index (χ2n) is 9.67. The van der Waals surface area contributed by atoms with Gasteiger partial charge in [0, 0.05) is 15.7 Å². The van der Waals surface area contributed by atoms with Gasteiger partial charge in [-0.05, 0) is 82.7 Å². The third-order valence-electron chi connectivity index (χ3n) is 6.80. The average Bonchev–Trinajstić information content (AvgIpc) is 3.49. The van der Waals surface area contributed by atoms with E-state index in [0.29, 0.717) is 49.5 Å². The number of nitrogens with one attached hydrogen (secondary N) is 1. The van der Waals surface area contributed by atoms with Crippen LogP contribution in [0.2, 0.25) is 0 Å². The number of furan rings is 1. The number of nitrogens with zero attached hydrogens (tertiary/aromatic N) is 3. The van der Waals surface area contributed by atoms with E-state index in [1.807, 2.05) is 12.1 Å². The van der Waals surface area contributed by atoms with Crippen LogP contribution in [0.4, 0.5) is 10.1 Å². The minimum atomic E-state index is -0.440. The summed E-state index contributed by atoms with van der Waals surface area (Å²) in [6.07, 6.45) is 1.47. The number of hydrogen-bond donors (Lipinski definition) is 1. The third kappa shape index (κ3) is 6.13. The van der Waals surface area contributed by atoms with Gasteiger partial charge in [-0.25, -0.2) is 9.37 Å². The summed E-state index contributed by atoms with van der Waals surface area (Å²) in [4.78, 5) is 30.8. The van der Waals surface area contributed by atoms with Gasteiger partial charge in [-0.1, -0.05) is 18.2 Å². The summed E-state index contributed by atoms with van der Waals surface area (Å²) in [7, 11) is 3.03. The third-order valence-corrected chi connectivity index (χ3v) is 7.48. The summed E-state index contributed by atoms with van der Waals surface area (Å²) >= 11 is 3.51. The van der Waals surface area contributed by atoms with E-state index >= 15 is 0 Å². The average molecular weight is 671 g/mol. The van der Waals surface area contributed by atoms with Gasteiger partial charge in [-0.15, -0.1) is 0 Å². The van der Waals surface area contributed by atoms with Gasteiger partial charge in [0.25, 0.3) is 11.5 Å². The predicted octanol–water partition coefficient (Wildman–Crippen LogP) is 6.63. The maximum atomic E-state index is 13.7. The van der Waals surface area contributed by atoms with Crippen molar-refractivity contribution < 1.29 is 27.8 Å². The molecule has 0 aliphatic carbocycles. The maximum absolute atomic E-state index is 13.7. The molecule has 2 aromatic heterocycles. The van der Waals surface area contributed by atoms with Crippen LogP contribution in [0.1, 0.15) is 5.56 Å². The van der Waals surface area contributed by atoms with Gasteiger partial charge >= 0.3 is 0 Å². The van der Waals surface area contributed by atoms with Crippen LogP contribution in [0, 0.1) is 5.82 Å². The fraction of sp³-hybridized carbons (Fsp3) is 0.0909. The lowest BCUT2D eigenvalue weighted by Gasteiger charge is -2.13. The van der Waals surface area contributed by atoms with Gasteiger partial charge in [0.15, 0.2) is 23.9 Å². The van der Waals surface area contributed by atoms with Gasteiger partial charge in [-0.2, -0.15) is 9.78 Å². The van der Waals surface area contributed by atoms with Gasteiger partial charge < -0.3 is 23.9 Å². The molecular weight excluding hydrogens is 647 g/mol. The summed E-state index contributed by atoms with van der Waals surface area (Å²) in [5.41, 5.74) is 1.65. The number of anilines is 1. The normalized spacial score (nSPS) is 11.3. The Kier molecular flexibility index (Phi) is 8.30. The van der Waals surface area contributed by atoms with Crippen LogP contribution in [0.5, 0.6) is 17.2 Å². The largest absolute Gasteiger partial charge is 0.496 e. The molecule has 0 saturated carbocycles. The first-order valence-corrected chi connectivity index (χ1v) is 14.3. The molecule has 10 nitrogen and oxygen atoms in total. The molecule has 0 radical (unpaired) electrons. The molecule has 12 heteroatoms. The van der Waals surface area contributed by atoms with Crippen molar-refractivity contribution in [2.75, 3.05) is 26.1 Å². The van der Waals surface area contributed by atoms with Gasteiger partial charge in [0.2, 0.25) is 5.82 Å². The summed E-state index contributed by atoms with van der Waals surface area (Å²) in [5.74, 6) is 0.907. The second kappa shape index (κ2) is 12.6. The first-order valence-electron chi connectivity index (χ1n) is 13.5. The first-order chi connectivity index (χ1) is 21.8. The van der Waals surface area contributed by atoms with Crippen molar-refractivity contribution in [2.45, 2.75) is 0 Å². The van der Waals surface area contributed by atoms with E-state index in [0.717, 1.165) is 5.39 Å². The molecule has 2 heterocycles. The molecule has 226 valence electrons. The fourth-order valence-electron chi connectivity index (χ4n) is 4.63. The van der Waals surface area contributed by atoms with E-state index in [1.54, 1.807) is 55.6 Å². The Morgan fingerprint density at radius 3 is 2.53 bits per heavy atom. The van der Waals surface area contributed by atoms with E-state index in [4.69, 9.17) is 23.6 Å². The number of methoxy groups -OCH3 is 2. The molecule has 0 unspecified atom stereocenters. The molecule has 0 spiro atoms. The summed E-state index contributed by atoms with van der Waals surface area (Å²) in [6.45, 7) is -0.322. The van der Waals surface area contributed by atoms with E-state index in [1.165, 1.54) is 42.3 Å². The number of para-hydroxylation sites is 1. The molecular formula is C33H24BrFN4O6. The number of ether oxygens (including phenoxy) is 3. The zero-order chi connectivity index (χ0) is 31.5. The van der Waals surface area contributed by atoms with E-state index in [-0.39, 0.29) is 18.2 Å². The lowest BCUT2D eigenvalue weighted by molar-refractivity contribution is -0.118. The number of amides is 1. The highest BCUT2D eigenvalue weighted by molar-refractivity contribution is 9.10. The highest BCUT2D eigenvalue weighted by Crippen LogP contribution is 2.34. The highest BCUT2D eigenvalue weighted by atomic mass is 79.9. The Bertz CT molecular complexity index is 2140. The number of halogens is 2. The molecule has 4 aromatic carbocycles. The molecule has 6 rings (SSSR count). The Labute approximate surface area is 263 Å². The van der Waals surface area contributed by atoms with E-state index in [9.17, 15) is 14.0 Å². The number of benzene rings is 4. The number of aromatic nitrogens is 2. The van der Waals surface area contributed by atoms with Crippen LogP contribution < -0.4 is 25.1 Å². The van der Waals surface area contributed by atoms with Crippen LogP contribution >= 0.6 is 15.9 Å². The maximum Gasteiger partial charge on any atom is 0.282 e. The summed E-state index contributed by atoms with van der Waals surface area (Å²) in [6, 6.07) is 22.8. The quantitative estimate of drug-likeness (QED) is 0.172. The Morgan fingerprint density at radius 1 is 0.978 bits per heavy atom. The minimum Gasteiger partial charge on any atom is -0.496 e. The molecule has 1 amide bonds.